The molecule has 0 spiro atoms. The van der Waals surface area contributed by atoms with Crippen LogP contribution in [0.1, 0.15) is 25.5 Å². The van der Waals surface area contributed by atoms with Gasteiger partial charge in [-0.3, -0.25) is 18.9 Å². The Bertz CT molecular complexity index is 735. The molecule has 10 heteroatoms. The van der Waals surface area contributed by atoms with Gasteiger partial charge in [0.1, 0.15) is 10.7 Å². The second-order valence-electron chi connectivity index (χ2n) is 5.16. The minimum Gasteiger partial charge on any atom is -0.383 e. The van der Waals surface area contributed by atoms with Crippen molar-refractivity contribution in [2.45, 2.75) is 20.0 Å². The average Bonchev–Trinajstić information content (AvgIpc) is 2.46. The molecule has 0 radical (unpaired) electrons. The fourth-order valence-electron chi connectivity index (χ4n) is 2.11. The molecule has 1 unspecified atom stereocenters. The third kappa shape index (κ3) is 4.87. The quantitative estimate of drug-likeness (QED) is 0.319. The first kappa shape index (κ1) is 20.8. The van der Waals surface area contributed by atoms with Crippen LogP contribution in [0.4, 0.5) is 5.69 Å². The molecule has 1 aromatic carbocycles. The molecule has 1 aromatic rings. The van der Waals surface area contributed by atoms with Crippen molar-refractivity contribution in [2.75, 3.05) is 25.7 Å². The summed E-state index contributed by atoms with van der Waals surface area (Å²) in [6.07, 6.45) is 1.17. The summed E-state index contributed by atoms with van der Waals surface area (Å²) in [5.74, 6) is 0. The first-order valence-corrected chi connectivity index (χ1v) is 11.1. The summed E-state index contributed by atoms with van der Waals surface area (Å²) in [4.78, 5) is 10.1. The van der Waals surface area contributed by atoms with E-state index >= 15 is 0 Å². The number of hydrogen-bond acceptors (Lipinski definition) is 7. The van der Waals surface area contributed by atoms with Crippen LogP contribution >= 0.6 is 7.60 Å². The lowest BCUT2D eigenvalue weighted by atomic mass is 10.1. The van der Waals surface area contributed by atoms with E-state index in [-0.39, 0.29) is 29.1 Å². The molecule has 0 saturated heterocycles. The second kappa shape index (κ2) is 8.22. The maximum Gasteiger partial charge on any atom is 0.368 e. The van der Waals surface area contributed by atoms with Crippen molar-refractivity contribution < 1.29 is 27.9 Å². The maximum atomic E-state index is 13.0. The van der Waals surface area contributed by atoms with Crippen molar-refractivity contribution in [1.82, 2.24) is 0 Å². The molecule has 1 rings (SSSR count). The van der Waals surface area contributed by atoms with Gasteiger partial charge in [-0.2, -0.15) is 0 Å². The van der Waals surface area contributed by atoms with Crippen LogP contribution in [0.3, 0.4) is 0 Å². The van der Waals surface area contributed by atoms with E-state index in [4.69, 9.17) is 9.05 Å². The van der Waals surface area contributed by atoms with E-state index in [1.54, 1.807) is 13.8 Å². The first-order valence-electron chi connectivity index (χ1n) is 7.20. The van der Waals surface area contributed by atoms with E-state index in [9.17, 15) is 24.0 Å². The topological polar surface area (TPSA) is 116 Å². The Morgan fingerprint density at radius 2 is 1.71 bits per heavy atom. The van der Waals surface area contributed by atoms with Crippen molar-refractivity contribution in [3.8, 4) is 0 Å². The zero-order valence-electron chi connectivity index (χ0n) is 14.0. The lowest BCUT2D eigenvalue weighted by Crippen LogP contribution is -2.23. The minimum atomic E-state index is -3.95. The highest BCUT2D eigenvalue weighted by Crippen LogP contribution is 2.53. The highest BCUT2D eigenvalue weighted by Gasteiger charge is 2.39. The second-order valence-corrected chi connectivity index (χ2v) is 10.4. The monoisotopic (exact) mass is 379 g/mol. The summed E-state index contributed by atoms with van der Waals surface area (Å²) in [5, 5.41) is 21.3. The van der Waals surface area contributed by atoms with E-state index in [1.165, 1.54) is 36.8 Å². The smallest absolute Gasteiger partial charge is 0.368 e. The van der Waals surface area contributed by atoms with Crippen LogP contribution in [0.25, 0.3) is 0 Å². The van der Waals surface area contributed by atoms with Crippen LogP contribution in [0, 0.1) is 10.1 Å². The van der Waals surface area contributed by atoms with E-state index < -0.39 is 28.1 Å². The van der Waals surface area contributed by atoms with Gasteiger partial charge in [-0.1, -0.05) is 0 Å². The Hall–Kier alpha value is -1.25. The molecule has 0 heterocycles. The first-order chi connectivity index (χ1) is 11.1. The molecule has 136 valence electrons. The van der Waals surface area contributed by atoms with Crippen LogP contribution in [-0.2, 0) is 23.1 Å². The van der Waals surface area contributed by atoms with Gasteiger partial charge in [-0.25, -0.2) is 0 Å². The summed E-state index contributed by atoms with van der Waals surface area (Å²) in [7, 11) is -6.82. The summed E-state index contributed by atoms with van der Waals surface area (Å²) < 4.78 is 35.8. The molecular formula is C14H22NO7PS. The number of aliphatic hydroxyl groups is 1. The van der Waals surface area contributed by atoms with Crippen molar-refractivity contribution in [3.63, 3.8) is 0 Å². The van der Waals surface area contributed by atoms with Gasteiger partial charge in [0, 0.05) is 24.6 Å². The fraction of sp³-hybridized carbons (Fsp3) is 0.500. The summed E-state index contributed by atoms with van der Waals surface area (Å²) in [5.41, 5.74) is 0.0608. The van der Waals surface area contributed by atoms with Gasteiger partial charge in [-0.05, 0) is 41.1 Å². The van der Waals surface area contributed by atoms with Crippen LogP contribution < -0.4 is 0 Å². The van der Waals surface area contributed by atoms with Gasteiger partial charge < -0.3 is 14.2 Å². The lowest BCUT2D eigenvalue weighted by molar-refractivity contribution is -0.384. The van der Waals surface area contributed by atoms with Crippen molar-refractivity contribution >= 4 is 27.4 Å². The Kier molecular flexibility index (Phi) is 7.12. The largest absolute Gasteiger partial charge is 0.383 e. The molecule has 0 bridgehead atoms. The average molecular weight is 379 g/mol. The Balaban J connectivity index is 3.45. The third-order valence-corrected chi connectivity index (χ3v) is 8.23. The highest BCUT2D eigenvalue weighted by molar-refractivity contribution is 8.11. The van der Waals surface area contributed by atoms with Gasteiger partial charge in [-0.15, -0.1) is 0 Å². The summed E-state index contributed by atoms with van der Waals surface area (Å²) >= 11 is 0. The van der Waals surface area contributed by atoms with E-state index in [0.29, 0.717) is 0 Å². The van der Waals surface area contributed by atoms with Gasteiger partial charge in [0.05, 0.1) is 18.1 Å². The van der Waals surface area contributed by atoms with E-state index in [2.05, 4.69) is 0 Å². The minimum absolute atomic E-state index is 0.0449. The van der Waals surface area contributed by atoms with Crippen molar-refractivity contribution in [2.24, 2.45) is 0 Å². The number of benzene rings is 1. The fourth-order valence-corrected chi connectivity index (χ4v) is 6.71. The van der Waals surface area contributed by atoms with E-state index in [0.717, 1.165) is 0 Å². The normalized spacial score (nSPS) is 13.5. The molecule has 24 heavy (non-hydrogen) atoms. The highest BCUT2D eigenvalue weighted by atomic mass is 32.2. The van der Waals surface area contributed by atoms with Crippen LogP contribution in [-0.4, -0.2) is 44.6 Å². The number of nitrogens with zero attached hydrogens (tertiary/aromatic N) is 1. The van der Waals surface area contributed by atoms with Crippen LogP contribution in [0.15, 0.2) is 24.3 Å². The predicted octanol–water partition coefficient (Wildman–Crippen LogP) is 2.57. The van der Waals surface area contributed by atoms with Crippen LogP contribution in [0.5, 0.6) is 0 Å². The molecule has 1 N–H and O–H groups in total. The predicted molar refractivity (Wildman–Crippen MR) is 93.9 cm³/mol. The number of rotatable bonds is 8. The lowest BCUT2D eigenvalue weighted by Gasteiger charge is -2.25. The Morgan fingerprint density at radius 3 is 2.04 bits per heavy atom. The molecule has 0 aliphatic rings. The Labute approximate surface area is 141 Å². The number of nitro benzene ring substituents is 1. The van der Waals surface area contributed by atoms with Crippen molar-refractivity contribution in [1.29, 1.82) is 0 Å². The number of non-ortho nitro benzene ring substituents is 1. The molecule has 0 amide bonds. The number of aliphatic hydroxyl groups excluding tert-OH is 1. The molecule has 0 aromatic heterocycles. The van der Waals surface area contributed by atoms with Gasteiger partial charge >= 0.3 is 7.60 Å². The summed E-state index contributed by atoms with van der Waals surface area (Å²) in [6, 6.07) is 5.04. The molecule has 0 saturated carbocycles. The zero-order valence-corrected chi connectivity index (χ0v) is 15.7. The third-order valence-electron chi connectivity index (χ3n) is 3.03. The van der Waals surface area contributed by atoms with Crippen molar-refractivity contribution in [3.05, 3.63) is 39.9 Å². The molecule has 1 atom stereocenters. The maximum absolute atomic E-state index is 13.0. The molecular weight excluding hydrogens is 357 g/mol. The zero-order chi connectivity index (χ0) is 18.5. The SMILES string of the molecule is CCOP(=O)(OCC)C(C(O)c1ccc([N+](=O)[O-])cc1)=S(C)(C)=O. The summed E-state index contributed by atoms with van der Waals surface area (Å²) in [6.45, 7) is 3.30. The number of hydrogen-bond donors (Lipinski definition) is 1. The standard InChI is InChI=1S/C14H22NO7PS/c1-5-21-23(19,22-6-2)14(24(3,4)20)13(16)11-7-9-12(10-8-11)15(17)18/h7-10,13,16H,5-6H2,1-4H3. The molecule has 0 aliphatic carbocycles. The van der Waals surface area contributed by atoms with Gasteiger partial charge in [0.15, 0.2) is 0 Å². The molecule has 0 aliphatic heterocycles. The molecule has 8 nitrogen and oxygen atoms in total. The van der Waals surface area contributed by atoms with E-state index in [1.807, 2.05) is 0 Å². The molecule has 0 fully saturated rings. The van der Waals surface area contributed by atoms with Crippen LogP contribution in [0.2, 0.25) is 0 Å². The van der Waals surface area contributed by atoms with Gasteiger partial charge in [0.2, 0.25) is 0 Å². The Morgan fingerprint density at radius 1 is 1.25 bits per heavy atom. The number of nitro groups is 1. The van der Waals surface area contributed by atoms with Gasteiger partial charge in [0.25, 0.3) is 5.69 Å².